The molecule has 27 heavy (non-hydrogen) atoms. The number of carbonyl (C=O) groups is 2. The van der Waals surface area contributed by atoms with E-state index in [1.54, 1.807) is 18.4 Å². The SMILES string of the molecule is COc1ccccc1C(=O)C1CCCN(C(=O)c2csc3c2CCCC3)C1. The van der Waals surface area contributed by atoms with E-state index in [1.807, 2.05) is 34.5 Å². The first-order valence-corrected chi connectivity index (χ1v) is 10.6. The molecule has 1 aromatic carbocycles. The van der Waals surface area contributed by atoms with E-state index in [0.29, 0.717) is 17.9 Å². The number of piperidine rings is 1. The average Bonchev–Trinajstić information content (AvgIpc) is 3.17. The molecular weight excluding hydrogens is 358 g/mol. The lowest BCUT2D eigenvalue weighted by atomic mass is 9.89. The van der Waals surface area contributed by atoms with Gasteiger partial charge in [-0.15, -0.1) is 11.3 Å². The van der Waals surface area contributed by atoms with Gasteiger partial charge >= 0.3 is 0 Å². The number of Topliss-reactive ketones (excluding diaryl/α,β-unsaturated/α-hetero) is 1. The summed E-state index contributed by atoms with van der Waals surface area (Å²) in [6.07, 6.45) is 6.19. The van der Waals surface area contributed by atoms with Gasteiger partial charge in [-0.25, -0.2) is 0 Å². The molecule has 1 fully saturated rings. The van der Waals surface area contributed by atoms with Crippen LogP contribution in [0.2, 0.25) is 0 Å². The van der Waals surface area contributed by atoms with Gasteiger partial charge in [-0.2, -0.15) is 0 Å². The molecule has 4 nitrogen and oxygen atoms in total. The van der Waals surface area contributed by atoms with E-state index in [2.05, 4.69) is 0 Å². The minimum Gasteiger partial charge on any atom is -0.496 e. The molecule has 2 heterocycles. The van der Waals surface area contributed by atoms with Gasteiger partial charge in [-0.05, 0) is 56.2 Å². The fourth-order valence-corrected chi connectivity index (χ4v) is 5.41. The number of methoxy groups -OCH3 is 1. The van der Waals surface area contributed by atoms with Gasteiger partial charge in [0.15, 0.2) is 5.78 Å². The highest BCUT2D eigenvalue weighted by molar-refractivity contribution is 7.10. The predicted octanol–water partition coefficient (Wildman–Crippen LogP) is 4.37. The Morgan fingerprint density at radius 3 is 2.78 bits per heavy atom. The predicted molar refractivity (Wildman–Crippen MR) is 107 cm³/mol. The Hall–Kier alpha value is -2.14. The van der Waals surface area contributed by atoms with Crippen molar-refractivity contribution in [3.8, 4) is 5.75 Å². The van der Waals surface area contributed by atoms with Gasteiger partial charge in [0.25, 0.3) is 5.91 Å². The molecule has 4 rings (SSSR count). The quantitative estimate of drug-likeness (QED) is 0.737. The third-order valence-electron chi connectivity index (χ3n) is 5.74. The molecule has 0 saturated carbocycles. The summed E-state index contributed by atoms with van der Waals surface area (Å²) in [6, 6.07) is 7.36. The van der Waals surface area contributed by atoms with E-state index in [0.717, 1.165) is 37.8 Å². The fourth-order valence-electron chi connectivity index (χ4n) is 4.29. The number of ketones is 1. The monoisotopic (exact) mass is 383 g/mol. The lowest BCUT2D eigenvalue weighted by Gasteiger charge is -2.32. The molecule has 2 aliphatic rings. The summed E-state index contributed by atoms with van der Waals surface area (Å²) in [7, 11) is 1.59. The van der Waals surface area contributed by atoms with Gasteiger partial charge in [0, 0.05) is 29.3 Å². The van der Waals surface area contributed by atoms with Gasteiger partial charge in [0.05, 0.1) is 18.2 Å². The number of hydrogen-bond acceptors (Lipinski definition) is 4. The second-order valence-electron chi connectivity index (χ2n) is 7.41. The molecule has 1 unspecified atom stereocenters. The Bertz CT molecular complexity index is 857. The molecule has 1 aliphatic heterocycles. The summed E-state index contributed by atoms with van der Waals surface area (Å²) in [5.74, 6) is 0.635. The van der Waals surface area contributed by atoms with Crippen molar-refractivity contribution in [2.75, 3.05) is 20.2 Å². The van der Waals surface area contributed by atoms with Gasteiger partial charge in [0.1, 0.15) is 5.75 Å². The van der Waals surface area contributed by atoms with Crippen LogP contribution in [0.3, 0.4) is 0 Å². The fraction of sp³-hybridized carbons (Fsp3) is 0.455. The second-order valence-corrected chi connectivity index (χ2v) is 8.38. The van der Waals surface area contributed by atoms with Crippen LogP contribution in [0.4, 0.5) is 0 Å². The minimum absolute atomic E-state index is 0.0808. The molecule has 0 spiro atoms. The molecule has 1 amide bonds. The number of nitrogens with zero attached hydrogens (tertiary/aromatic N) is 1. The standard InChI is InChI=1S/C22H25NO3S/c1-26-19-10-4-2-9-17(19)21(24)15-7-6-12-23(13-15)22(25)18-14-27-20-11-5-3-8-16(18)20/h2,4,9-10,14-15H,3,5-8,11-13H2,1H3. The van der Waals surface area contributed by atoms with Crippen molar-refractivity contribution in [1.82, 2.24) is 4.90 Å². The molecule has 1 aromatic heterocycles. The molecule has 1 aliphatic carbocycles. The van der Waals surface area contributed by atoms with Gasteiger partial charge in [-0.1, -0.05) is 12.1 Å². The molecule has 1 atom stereocenters. The number of likely N-dealkylation sites (tertiary alicyclic amines) is 1. The molecule has 5 heteroatoms. The van der Waals surface area contributed by atoms with E-state index in [4.69, 9.17) is 4.74 Å². The summed E-state index contributed by atoms with van der Waals surface area (Å²) < 4.78 is 5.35. The summed E-state index contributed by atoms with van der Waals surface area (Å²) in [5, 5.41) is 2.03. The maximum absolute atomic E-state index is 13.2. The zero-order valence-electron chi connectivity index (χ0n) is 15.7. The van der Waals surface area contributed by atoms with Crippen molar-refractivity contribution in [3.63, 3.8) is 0 Å². The van der Waals surface area contributed by atoms with Crippen LogP contribution in [0, 0.1) is 5.92 Å². The van der Waals surface area contributed by atoms with Crippen LogP contribution < -0.4 is 4.74 Å². The van der Waals surface area contributed by atoms with Crippen LogP contribution in [0.5, 0.6) is 5.75 Å². The number of rotatable bonds is 4. The van der Waals surface area contributed by atoms with E-state index < -0.39 is 0 Å². The van der Waals surface area contributed by atoms with Crippen LogP contribution >= 0.6 is 11.3 Å². The van der Waals surface area contributed by atoms with Crippen LogP contribution in [0.25, 0.3) is 0 Å². The first-order valence-electron chi connectivity index (χ1n) is 9.74. The topological polar surface area (TPSA) is 46.6 Å². The molecule has 0 radical (unpaired) electrons. The Kier molecular flexibility index (Phi) is 5.30. The normalized spacial score (nSPS) is 19.4. The number of fused-ring (bicyclic) bond motifs is 1. The Morgan fingerprint density at radius 1 is 1.11 bits per heavy atom. The van der Waals surface area contributed by atoms with E-state index in [1.165, 1.54) is 23.3 Å². The maximum atomic E-state index is 13.2. The maximum Gasteiger partial charge on any atom is 0.255 e. The average molecular weight is 384 g/mol. The largest absolute Gasteiger partial charge is 0.496 e. The van der Waals surface area contributed by atoms with Crippen molar-refractivity contribution < 1.29 is 14.3 Å². The second kappa shape index (κ2) is 7.85. The molecular formula is C22H25NO3S. The van der Waals surface area contributed by atoms with Gasteiger partial charge in [-0.3, -0.25) is 9.59 Å². The van der Waals surface area contributed by atoms with Crippen molar-refractivity contribution in [1.29, 1.82) is 0 Å². The van der Waals surface area contributed by atoms with Crippen LogP contribution in [-0.2, 0) is 12.8 Å². The third-order valence-corrected chi connectivity index (χ3v) is 6.83. The lowest BCUT2D eigenvalue weighted by molar-refractivity contribution is 0.0635. The Balaban J connectivity index is 1.52. The summed E-state index contributed by atoms with van der Waals surface area (Å²) in [4.78, 5) is 29.5. The van der Waals surface area contributed by atoms with Crippen molar-refractivity contribution in [2.24, 2.45) is 5.92 Å². The highest BCUT2D eigenvalue weighted by Gasteiger charge is 2.32. The van der Waals surface area contributed by atoms with E-state index in [9.17, 15) is 9.59 Å². The first-order chi connectivity index (χ1) is 13.2. The minimum atomic E-state index is -0.159. The van der Waals surface area contributed by atoms with Crippen LogP contribution in [0.15, 0.2) is 29.6 Å². The van der Waals surface area contributed by atoms with E-state index in [-0.39, 0.29) is 17.6 Å². The Morgan fingerprint density at radius 2 is 1.93 bits per heavy atom. The van der Waals surface area contributed by atoms with Crippen LogP contribution in [-0.4, -0.2) is 36.8 Å². The number of aryl methyl sites for hydroxylation is 1. The summed E-state index contributed by atoms with van der Waals surface area (Å²) >= 11 is 1.72. The number of benzene rings is 1. The number of amides is 1. The van der Waals surface area contributed by atoms with Gasteiger partial charge in [0.2, 0.25) is 0 Å². The highest BCUT2D eigenvalue weighted by atomic mass is 32.1. The number of thiophene rings is 1. The number of carbonyl (C=O) groups excluding carboxylic acids is 2. The molecule has 1 saturated heterocycles. The van der Waals surface area contributed by atoms with Crippen molar-refractivity contribution in [3.05, 3.63) is 51.2 Å². The number of para-hydroxylation sites is 1. The summed E-state index contributed by atoms with van der Waals surface area (Å²) in [5.41, 5.74) is 2.75. The molecule has 0 bridgehead atoms. The highest BCUT2D eigenvalue weighted by Crippen LogP contribution is 2.32. The van der Waals surface area contributed by atoms with E-state index >= 15 is 0 Å². The van der Waals surface area contributed by atoms with Gasteiger partial charge < -0.3 is 9.64 Å². The lowest BCUT2D eigenvalue weighted by Crippen LogP contribution is -2.42. The Labute approximate surface area is 164 Å². The van der Waals surface area contributed by atoms with Crippen LogP contribution in [0.1, 0.15) is 56.8 Å². The number of hydrogen-bond donors (Lipinski definition) is 0. The zero-order chi connectivity index (χ0) is 18.8. The summed E-state index contributed by atoms with van der Waals surface area (Å²) in [6.45, 7) is 1.24. The van der Waals surface area contributed by atoms with Crippen molar-refractivity contribution in [2.45, 2.75) is 38.5 Å². The first kappa shape index (κ1) is 18.2. The number of ether oxygens (including phenoxy) is 1. The molecule has 142 valence electrons. The zero-order valence-corrected chi connectivity index (χ0v) is 16.5. The van der Waals surface area contributed by atoms with Crippen molar-refractivity contribution >= 4 is 23.0 Å². The molecule has 0 N–H and O–H groups in total. The smallest absolute Gasteiger partial charge is 0.255 e. The molecule has 2 aromatic rings. The third kappa shape index (κ3) is 3.53.